The van der Waals surface area contributed by atoms with Gasteiger partial charge in [-0.25, -0.2) is 0 Å². The fraction of sp³-hybridized carbons (Fsp3) is 0.600. The van der Waals surface area contributed by atoms with E-state index in [1.165, 1.54) is 6.92 Å². The van der Waals surface area contributed by atoms with Gasteiger partial charge in [0.25, 0.3) is 0 Å². The summed E-state index contributed by atoms with van der Waals surface area (Å²) in [4.78, 5) is 27.0. The van der Waals surface area contributed by atoms with Gasteiger partial charge in [-0.2, -0.15) is 0 Å². The van der Waals surface area contributed by atoms with Gasteiger partial charge in [-0.15, -0.1) is 0 Å². The minimum atomic E-state index is -0.0631. The molecule has 0 fully saturated rings. The number of furan rings is 1. The Labute approximate surface area is 126 Å². The van der Waals surface area contributed by atoms with Gasteiger partial charge >= 0.3 is 0 Å². The molecule has 1 heterocycles. The van der Waals surface area contributed by atoms with Crippen molar-refractivity contribution in [1.29, 1.82) is 0 Å². The molecule has 0 aliphatic rings. The first-order valence-corrected chi connectivity index (χ1v) is 7.18. The lowest BCUT2D eigenvalue weighted by Gasteiger charge is -2.19. The number of carbonyl (C=O) groups is 2. The van der Waals surface area contributed by atoms with Gasteiger partial charge in [-0.3, -0.25) is 9.59 Å². The van der Waals surface area contributed by atoms with Crippen LogP contribution in [0.25, 0.3) is 0 Å². The van der Waals surface area contributed by atoms with Gasteiger partial charge in [-0.1, -0.05) is 0 Å². The van der Waals surface area contributed by atoms with E-state index in [0.29, 0.717) is 26.1 Å². The fourth-order valence-corrected chi connectivity index (χ4v) is 1.89. The highest BCUT2D eigenvalue weighted by atomic mass is 16.3. The van der Waals surface area contributed by atoms with E-state index in [1.54, 1.807) is 17.2 Å². The average molecular weight is 295 g/mol. The van der Waals surface area contributed by atoms with Gasteiger partial charge in [0.05, 0.1) is 12.8 Å². The maximum absolute atomic E-state index is 11.7. The van der Waals surface area contributed by atoms with Crippen LogP contribution in [0, 0.1) is 0 Å². The van der Waals surface area contributed by atoms with Crippen molar-refractivity contribution < 1.29 is 14.0 Å². The zero-order valence-corrected chi connectivity index (χ0v) is 13.1. The molecule has 0 saturated carbocycles. The summed E-state index contributed by atoms with van der Waals surface area (Å²) in [6.07, 6.45) is 2.80. The average Bonchev–Trinajstić information content (AvgIpc) is 2.92. The molecule has 1 aromatic rings. The van der Waals surface area contributed by atoms with E-state index in [2.05, 4.69) is 10.2 Å². The second-order valence-corrected chi connectivity index (χ2v) is 5.28. The summed E-state index contributed by atoms with van der Waals surface area (Å²) >= 11 is 0. The van der Waals surface area contributed by atoms with Gasteiger partial charge in [-0.05, 0) is 39.2 Å². The molecule has 0 atom stereocenters. The Bertz CT molecular complexity index is 429. The van der Waals surface area contributed by atoms with E-state index in [4.69, 9.17) is 4.42 Å². The molecular weight excluding hydrogens is 270 g/mol. The van der Waals surface area contributed by atoms with Crippen molar-refractivity contribution in [3.05, 3.63) is 24.2 Å². The molecule has 1 N–H and O–H groups in total. The second kappa shape index (κ2) is 9.18. The van der Waals surface area contributed by atoms with Crippen LogP contribution < -0.4 is 5.32 Å². The largest absolute Gasteiger partial charge is 0.467 e. The van der Waals surface area contributed by atoms with Gasteiger partial charge in [0.2, 0.25) is 11.8 Å². The Kier molecular flexibility index (Phi) is 7.53. The van der Waals surface area contributed by atoms with E-state index in [9.17, 15) is 9.59 Å². The minimum Gasteiger partial charge on any atom is -0.467 e. The summed E-state index contributed by atoms with van der Waals surface area (Å²) < 4.78 is 5.22. The molecule has 0 aliphatic carbocycles. The first-order chi connectivity index (χ1) is 9.99. The molecule has 0 unspecified atom stereocenters. The summed E-state index contributed by atoms with van der Waals surface area (Å²) in [5.41, 5.74) is 0. The molecule has 0 spiro atoms. The summed E-state index contributed by atoms with van der Waals surface area (Å²) in [6, 6.07) is 3.60. The molecule has 2 amide bonds. The van der Waals surface area contributed by atoms with E-state index in [-0.39, 0.29) is 11.8 Å². The number of rotatable bonds is 9. The first kappa shape index (κ1) is 17.2. The summed E-state index contributed by atoms with van der Waals surface area (Å²) in [7, 11) is 4.00. The maximum atomic E-state index is 11.7. The van der Waals surface area contributed by atoms with E-state index in [0.717, 1.165) is 18.7 Å². The molecule has 0 bridgehead atoms. The fourth-order valence-electron chi connectivity index (χ4n) is 1.89. The van der Waals surface area contributed by atoms with Crippen LogP contribution in [0.2, 0.25) is 0 Å². The third-order valence-electron chi connectivity index (χ3n) is 3.09. The van der Waals surface area contributed by atoms with Crippen molar-refractivity contribution in [2.75, 3.05) is 33.7 Å². The SMILES string of the molecule is CC(=O)N(CCC(=O)NCCCN(C)C)Cc1ccco1. The van der Waals surface area contributed by atoms with Gasteiger partial charge in [0.15, 0.2) is 0 Å². The Hall–Kier alpha value is -1.82. The zero-order chi connectivity index (χ0) is 15.7. The lowest BCUT2D eigenvalue weighted by Crippen LogP contribution is -2.34. The molecule has 21 heavy (non-hydrogen) atoms. The Morgan fingerprint density at radius 1 is 1.29 bits per heavy atom. The monoisotopic (exact) mass is 295 g/mol. The molecule has 0 aromatic carbocycles. The van der Waals surface area contributed by atoms with Crippen molar-refractivity contribution in [3.63, 3.8) is 0 Å². The summed E-state index contributed by atoms with van der Waals surface area (Å²) in [6.45, 7) is 3.90. The number of hydrogen-bond donors (Lipinski definition) is 1. The molecule has 0 saturated heterocycles. The highest BCUT2D eigenvalue weighted by molar-refractivity contribution is 5.77. The van der Waals surface area contributed by atoms with Crippen LogP contribution in [-0.2, 0) is 16.1 Å². The summed E-state index contributed by atoms with van der Waals surface area (Å²) in [5, 5.41) is 2.86. The highest BCUT2D eigenvalue weighted by Crippen LogP contribution is 2.06. The van der Waals surface area contributed by atoms with Crippen LogP contribution in [0.1, 0.15) is 25.5 Å². The third-order valence-corrected chi connectivity index (χ3v) is 3.09. The van der Waals surface area contributed by atoms with E-state index < -0.39 is 0 Å². The molecule has 1 aromatic heterocycles. The molecule has 118 valence electrons. The zero-order valence-electron chi connectivity index (χ0n) is 13.1. The topological polar surface area (TPSA) is 65.8 Å². The van der Waals surface area contributed by atoms with Crippen molar-refractivity contribution >= 4 is 11.8 Å². The predicted molar refractivity (Wildman–Crippen MR) is 80.6 cm³/mol. The molecule has 6 nitrogen and oxygen atoms in total. The molecule has 6 heteroatoms. The second-order valence-electron chi connectivity index (χ2n) is 5.28. The van der Waals surface area contributed by atoms with Gasteiger partial charge in [0.1, 0.15) is 5.76 Å². The van der Waals surface area contributed by atoms with Crippen LogP contribution in [0.15, 0.2) is 22.8 Å². The molecule has 1 rings (SSSR count). The maximum Gasteiger partial charge on any atom is 0.221 e. The van der Waals surface area contributed by atoms with Crippen LogP contribution in [-0.4, -0.2) is 55.3 Å². The lowest BCUT2D eigenvalue weighted by atomic mass is 10.3. The normalized spacial score (nSPS) is 10.7. The van der Waals surface area contributed by atoms with Crippen LogP contribution in [0.3, 0.4) is 0 Å². The summed E-state index contributed by atoms with van der Waals surface area (Å²) in [5.74, 6) is 0.628. The Morgan fingerprint density at radius 3 is 2.62 bits per heavy atom. The van der Waals surface area contributed by atoms with Crippen molar-refractivity contribution in [1.82, 2.24) is 15.1 Å². The number of nitrogens with one attached hydrogen (secondary N) is 1. The van der Waals surface area contributed by atoms with E-state index >= 15 is 0 Å². The molecule has 0 aliphatic heterocycles. The van der Waals surface area contributed by atoms with Crippen molar-refractivity contribution in [3.8, 4) is 0 Å². The number of hydrogen-bond acceptors (Lipinski definition) is 4. The standard InChI is InChI=1S/C15H25N3O3/c1-13(19)18(12-14-6-4-11-21-14)10-7-15(20)16-8-5-9-17(2)3/h4,6,11H,5,7-10,12H2,1-3H3,(H,16,20). The smallest absolute Gasteiger partial charge is 0.221 e. The predicted octanol–water partition coefficient (Wildman–Crippen LogP) is 1.09. The number of nitrogens with zero attached hydrogens (tertiary/aromatic N) is 2. The molecular formula is C15H25N3O3. The van der Waals surface area contributed by atoms with Crippen molar-refractivity contribution in [2.24, 2.45) is 0 Å². The van der Waals surface area contributed by atoms with Crippen LogP contribution >= 0.6 is 0 Å². The number of carbonyl (C=O) groups excluding carboxylic acids is 2. The van der Waals surface area contributed by atoms with Crippen molar-refractivity contribution in [2.45, 2.75) is 26.3 Å². The molecule has 0 radical (unpaired) electrons. The quantitative estimate of drug-likeness (QED) is 0.693. The van der Waals surface area contributed by atoms with E-state index in [1.807, 2.05) is 20.2 Å². The van der Waals surface area contributed by atoms with Gasteiger partial charge in [0, 0.05) is 26.4 Å². The minimum absolute atomic E-state index is 0.0283. The van der Waals surface area contributed by atoms with Gasteiger partial charge < -0.3 is 19.5 Å². The highest BCUT2D eigenvalue weighted by Gasteiger charge is 2.12. The Morgan fingerprint density at radius 2 is 2.05 bits per heavy atom. The van der Waals surface area contributed by atoms with Crippen LogP contribution in [0.4, 0.5) is 0 Å². The number of amides is 2. The lowest BCUT2D eigenvalue weighted by molar-refractivity contribution is -0.130. The first-order valence-electron chi connectivity index (χ1n) is 7.18. The van der Waals surface area contributed by atoms with Crippen LogP contribution in [0.5, 0.6) is 0 Å². The Balaban J connectivity index is 2.26. The third kappa shape index (κ3) is 7.51.